The number of rotatable bonds is 3. The molecule has 0 bridgehead atoms. The summed E-state index contributed by atoms with van der Waals surface area (Å²) in [4.78, 5) is 34.9. The fourth-order valence-corrected chi connectivity index (χ4v) is 3.85. The Morgan fingerprint density at radius 2 is 1.82 bits per heavy atom. The van der Waals surface area contributed by atoms with Crippen LogP contribution in [0, 0.1) is 10.1 Å². The normalized spacial score (nSPS) is 10.3. The summed E-state index contributed by atoms with van der Waals surface area (Å²) < 4.78 is 0.860. The highest BCUT2D eigenvalue weighted by Crippen LogP contribution is 2.34. The number of fused-ring (bicyclic) bond motifs is 1. The van der Waals surface area contributed by atoms with E-state index in [1.807, 2.05) is 24.3 Å². The molecule has 0 spiro atoms. The van der Waals surface area contributed by atoms with Crippen molar-refractivity contribution in [3.63, 3.8) is 0 Å². The van der Waals surface area contributed by atoms with E-state index in [0.29, 0.717) is 9.90 Å². The van der Waals surface area contributed by atoms with E-state index in [-0.39, 0.29) is 16.4 Å². The average molecular weight is 435 g/mol. The molecule has 0 fully saturated rings. The molecule has 0 aliphatic rings. The van der Waals surface area contributed by atoms with E-state index in [0.717, 1.165) is 16.2 Å². The number of hydrogen-bond acceptors (Lipinski definition) is 6. The lowest BCUT2D eigenvalue weighted by Crippen LogP contribution is -2.48. The quantitative estimate of drug-likeness (QED) is 0.330. The van der Waals surface area contributed by atoms with Gasteiger partial charge in [0.25, 0.3) is 17.5 Å². The third-order valence-electron chi connectivity index (χ3n) is 3.58. The number of nitrogens with one attached hydrogen (secondary N) is 3. The fraction of sp³-hybridized carbons (Fsp3) is 0. The third-order valence-corrected chi connectivity index (χ3v) is 5.46. The van der Waals surface area contributed by atoms with Gasteiger partial charge in [0, 0.05) is 27.8 Å². The number of carbonyl (C=O) groups is 2. The van der Waals surface area contributed by atoms with Crippen molar-refractivity contribution in [1.82, 2.24) is 16.2 Å². The number of hydrogen-bond donors (Lipinski definition) is 3. The molecule has 0 aliphatic carbocycles. The molecule has 11 heteroatoms. The number of hydrazine groups is 1. The van der Waals surface area contributed by atoms with E-state index in [1.165, 1.54) is 29.5 Å². The van der Waals surface area contributed by atoms with E-state index in [2.05, 4.69) is 16.2 Å². The van der Waals surface area contributed by atoms with Gasteiger partial charge in [0.1, 0.15) is 4.88 Å². The van der Waals surface area contributed by atoms with Crippen molar-refractivity contribution in [2.24, 2.45) is 0 Å². The lowest BCUT2D eigenvalue weighted by molar-refractivity contribution is -0.384. The van der Waals surface area contributed by atoms with Gasteiger partial charge in [0.2, 0.25) is 0 Å². The lowest BCUT2D eigenvalue weighted by Gasteiger charge is -2.10. The van der Waals surface area contributed by atoms with Gasteiger partial charge in [0.15, 0.2) is 5.11 Å². The fourth-order valence-electron chi connectivity index (χ4n) is 2.30. The van der Waals surface area contributed by atoms with Crippen LogP contribution < -0.4 is 16.2 Å². The van der Waals surface area contributed by atoms with Crippen LogP contribution in [0.25, 0.3) is 10.1 Å². The second-order valence-corrected chi connectivity index (χ2v) is 7.25. The third kappa shape index (κ3) is 4.25. The van der Waals surface area contributed by atoms with Gasteiger partial charge >= 0.3 is 0 Å². The van der Waals surface area contributed by atoms with Crippen LogP contribution in [0.15, 0.2) is 48.5 Å². The zero-order chi connectivity index (χ0) is 20.3. The molecule has 3 N–H and O–H groups in total. The van der Waals surface area contributed by atoms with Gasteiger partial charge in [-0.15, -0.1) is 11.3 Å². The number of non-ortho nitro benzene ring substituents is 1. The molecule has 0 radical (unpaired) electrons. The number of nitrogens with zero attached hydrogens (tertiary/aromatic N) is 1. The number of thiophene rings is 1. The van der Waals surface area contributed by atoms with Crippen molar-refractivity contribution in [2.45, 2.75) is 0 Å². The van der Waals surface area contributed by atoms with Gasteiger partial charge in [-0.1, -0.05) is 35.9 Å². The van der Waals surface area contributed by atoms with Gasteiger partial charge in [0.05, 0.1) is 9.95 Å². The van der Waals surface area contributed by atoms with Gasteiger partial charge in [-0.2, -0.15) is 0 Å². The Balaban J connectivity index is 1.61. The smallest absolute Gasteiger partial charge is 0.281 e. The summed E-state index contributed by atoms with van der Waals surface area (Å²) in [6.07, 6.45) is 0. The predicted molar refractivity (Wildman–Crippen MR) is 111 cm³/mol. The van der Waals surface area contributed by atoms with Crippen molar-refractivity contribution >= 4 is 67.9 Å². The minimum Gasteiger partial charge on any atom is -0.298 e. The highest BCUT2D eigenvalue weighted by atomic mass is 35.5. The molecule has 2 amide bonds. The number of thiocarbonyl (C=S) groups is 1. The molecule has 0 atom stereocenters. The van der Waals surface area contributed by atoms with Crippen LogP contribution in [-0.2, 0) is 0 Å². The van der Waals surface area contributed by atoms with E-state index in [9.17, 15) is 19.7 Å². The summed E-state index contributed by atoms with van der Waals surface area (Å²) in [5.74, 6) is -1.17. The molecule has 8 nitrogen and oxygen atoms in total. The van der Waals surface area contributed by atoms with Gasteiger partial charge in [-0.05, 0) is 24.4 Å². The first-order valence-electron chi connectivity index (χ1n) is 7.70. The molecular weight excluding hydrogens is 424 g/mol. The van der Waals surface area contributed by atoms with E-state index in [1.54, 1.807) is 0 Å². The highest BCUT2D eigenvalue weighted by molar-refractivity contribution is 7.80. The molecule has 0 aliphatic heterocycles. The van der Waals surface area contributed by atoms with Crippen LogP contribution >= 0.6 is 35.2 Å². The number of nitro benzene ring substituents is 1. The van der Waals surface area contributed by atoms with Gasteiger partial charge in [-0.3, -0.25) is 35.9 Å². The highest BCUT2D eigenvalue weighted by Gasteiger charge is 2.17. The second kappa shape index (κ2) is 8.30. The zero-order valence-electron chi connectivity index (χ0n) is 13.9. The standard InChI is InChI=1S/C17H11ClN4O4S2/c18-13-11-6-1-2-7-12(11)28-14(13)16(24)20-21-17(27)19-15(23)9-4-3-5-10(8-9)22(25)26/h1-8H,(H,20,24)(H2,19,21,23,27). The lowest BCUT2D eigenvalue weighted by atomic mass is 10.2. The maximum absolute atomic E-state index is 12.3. The summed E-state index contributed by atoms with van der Waals surface area (Å²) in [5, 5.41) is 14.0. The summed E-state index contributed by atoms with van der Waals surface area (Å²) in [5.41, 5.74) is 4.59. The summed E-state index contributed by atoms with van der Waals surface area (Å²) >= 11 is 12.4. The second-order valence-electron chi connectivity index (χ2n) is 5.41. The average Bonchev–Trinajstić information content (AvgIpc) is 3.03. The molecule has 3 aromatic rings. The first-order valence-corrected chi connectivity index (χ1v) is 9.30. The Hall–Kier alpha value is -3.08. The topological polar surface area (TPSA) is 113 Å². The van der Waals surface area contributed by atoms with Gasteiger partial charge < -0.3 is 0 Å². The number of benzene rings is 2. The molecule has 142 valence electrons. The van der Waals surface area contributed by atoms with Crippen LogP contribution in [0.1, 0.15) is 20.0 Å². The molecule has 1 aromatic heterocycles. The zero-order valence-corrected chi connectivity index (χ0v) is 16.3. The minimum absolute atomic E-state index is 0.0530. The van der Waals surface area contributed by atoms with Crippen molar-refractivity contribution in [3.05, 3.63) is 74.1 Å². The van der Waals surface area contributed by atoms with Crippen LogP contribution in [0.2, 0.25) is 5.02 Å². The molecule has 3 rings (SSSR count). The van der Waals surface area contributed by atoms with Crippen molar-refractivity contribution in [1.29, 1.82) is 0 Å². The monoisotopic (exact) mass is 434 g/mol. The molecule has 0 saturated heterocycles. The Morgan fingerprint density at radius 1 is 1.07 bits per heavy atom. The molecule has 0 saturated carbocycles. The molecule has 2 aromatic carbocycles. The van der Waals surface area contributed by atoms with Crippen molar-refractivity contribution in [2.75, 3.05) is 0 Å². The molecule has 0 unspecified atom stereocenters. The Morgan fingerprint density at radius 3 is 2.54 bits per heavy atom. The van der Waals surface area contributed by atoms with E-state index in [4.69, 9.17) is 23.8 Å². The number of nitro groups is 1. The molecule has 1 heterocycles. The number of amides is 2. The van der Waals surface area contributed by atoms with E-state index < -0.39 is 16.7 Å². The van der Waals surface area contributed by atoms with Crippen molar-refractivity contribution in [3.8, 4) is 0 Å². The van der Waals surface area contributed by atoms with Crippen LogP contribution in [-0.4, -0.2) is 21.9 Å². The first-order chi connectivity index (χ1) is 13.4. The Kier molecular flexibility index (Phi) is 5.83. The predicted octanol–water partition coefficient (Wildman–Crippen LogP) is 3.41. The first kappa shape index (κ1) is 19.7. The maximum Gasteiger partial charge on any atom is 0.281 e. The number of carbonyl (C=O) groups excluding carboxylic acids is 2. The summed E-state index contributed by atoms with van der Waals surface area (Å²) in [6, 6.07) is 12.5. The van der Waals surface area contributed by atoms with Crippen molar-refractivity contribution < 1.29 is 14.5 Å². The van der Waals surface area contributed by atoms with Gasteiger partial charge in [-0.25, -0.2) is 0 Å². The Bertz CT molecular complexity index is 1120. The largest absolute Gasteiger partial charge is 0.298 e. The minimum atomic E-state index is -0.657. The maximum atomic E-state index is 12.3. The summed E-state index contributed by atoms with van der Waals surface area (Å²) in [7, 11) is 0. The number of halogens is 1. The van der Waals surface area contributed by atoms with Crippen LogP contribution in [0.5, 0.6) is 0 Å². The van der Waals surface area contributed by atoms with Crippen LogP contribution in [0.4, 0.5) is 5.69 Å². The molecule has 28 heavy (non-hydrogen) atoms. The summed E-state index contributed by atoms with van der Waals surface area (Å²) in [6.45, 7) is 0. The van der Waals surface area contributed by atoms with Crippen LogP contribution in [0.3, 0.4) is 0 Å². The SMILES string of the molecule is O=C(NC(=S)NNC(=O)c1sc2ccccc2c1Cl)c1cccc([N+](=O)[O-])c1. The molecular formula is C17H11ClN4O4S2. The van der Waals surface area contributed by atoms with E-state index >= 15 is 0 Å². The Labute approximate surface area is 172 Å².